The molecule has 0 saturated heterocycles. The van der Waals surface area contributed by atoms with Crippen LogP contribution in [0.15, 0.2) is 0 Å². The zero-order valence-corrected chi connectivity index (χ0v) is 6.45. The third kappa shape index (κ3) is 0.884. The van der Waals surface area contributed by atoms with Crippen molar-refractivity contribution in [2.75, 3.05) is 6.54 Å². The molecule has 0 aromatic carbocycles. The second kappa shape index (κ2) is 2.56. The number of carbonyl (C=O) groups is 1. The number of aromatic nitrogens is 3. The molecular weight excluding hydrogens is 158 g/mol. The molecule has 0 unspecified atom stereocenters. The Balaban J connectivity index is 2.48. The second-order valence-electron chi connectivity index (χ2n) is 2.55. The number of nitrogens with two attached hydrogens (primary N) is 1. The van der Waals surface area contributed by atoms with Crippen molar-refractivity contribution in [2.45, 2.75) is 13.1 Å². The van der Waals surface area contributed by atoms with Gasteiger partial charge < -0.3 is 15.6 Å². The SMILES string of the molecule is NCc1nnc2n1CCNC2=O. The Kier molecular flexibility index (Phi) is 1.54. The van der Waals surface area contributed by atoms with Crippen molar-refractivity contribution >= 4 is 5.91 Å². The Morgan fingerprint density at radius 3 is 3.17 bits per heavy atom. The third-order valence-electron chi connectivity index (χ3n) is 1.83. The smallest absolute Gasteiger partial charge is 0.289 e. The van der Waals surface area contributed by atoms with Gasteiger partial charge in [0, 0.05) is 13.1 Å². The summed E-state index contributed by atoms with van der Waals surface area (Å²) in [6.07, 6.45) is 0. The number of hydrogen-bond acceptors (Lipinski definition) is 4. The highest BCUT2D eigenvalue weighted by Gasteiger charge is 2.21. The van der Waals surface area contributed by atoms with E-state index in [-0.39, 0.29) is 5.91 Å². The second-order valence-corrected chi connectivity index (χ2v) is 2.55. The molecule has 1 aromatic heterocycles. The highest BCUT2D eigenvalue weighted by atomic mass is 16.2. The summed E-state index contributed by atoms with van der Waals surface area (Å²) in [6, 6.07) is 0. The topological polar surface area (TPSA) is 85.8 Å². The van der Waals surface area contributed by atoms with E-state index in [1.807, 2.05) is 0 Å². The molecular formula is C6H9N5O. The first-order valence-corrected chi connectivity index (χ1v) is 3.73. The molecule has 0 bridgehead atoms. The minimum Gasteiger partial charge on any atom is -0.348 e. The first-order valence-electron chi connectivity index (χ1n) is 3.73. The van der Waals surface area contributed by atoms with Crippen LogP contribution in [0.3, 0.4) is 0 Å². The molecule has 1 aromatic rings. The number of fused-ring (bicyclic) bond motifs is 1. The third-order valence-corrected chi connectivity index (χ3v) is 1.83. The van der Waals surface area contributed by atoms with E-state index in [1.54, 1.807) is 4.57 Å². The monoisotopic (exact) mass is 167 g/mol. The molecule has 1 aliphatic rings. The molecule has 3 N–H and O–H groups in total. The van der Waals surface area contributed by atoms with Crippen molar-refractivity contribution in [2.24, 2.45) is 5.73 Å². The zero-order valence-electron chi connectivity index (χ0n) is 6.45. The molecule has 1 amide bonds. The normalized spacial score (nSPS) is 15.6. The Morgan fingerprint density at radius 1 is 1.58 bits per heavy atom. The maximum atomic E-state index is 11.1. The van der Waals surface area contributed by atoms with Crippen molar-refractivity contribution < 1.29 is 4.79 Å². The molecule has 12 heavy (non-hydrogen) atoms. The van der Waals surface area contributed by atoms with Crippen LogP contribution < -0.4 is 11.1 Å². The zero-order chi connectivity index (χ0) is 8.55. The summed E-state index contributed by atoms with van der Waals surface area (Å²) in [7, 11) is 0. The van der Waals surface area contributed by atoms with E-state index in [0.29, 0.717) is 31.3 Å². The van der Waals surface area contributed by atoms with Gasteiger partial charge in [-0.05, 0) is 0 Å². The number of carbonyl (C=O) groups excluding carboxylic acids is 1. The lowest BCUT2D eigenvalue weighted by Gasteiger charge is -2.14. The van der Waals surface area contributed by atoms with Gasteiger partial charge in [0.2, 0.25) is 5.82 Å². The predicted molar refractivity (Wildman–Crippen MR) is 40.2 cm³/mol. The maximum Gasteiger partial charge on any atom is 0.289 e. The fraction of sp³-hybridized carbons (Fsp3) is 0.500. The van der Waals surface area contributed by atoms with Crippen LogP contribution in [0.5, 0.6) is 0 Å². The van der Waals surface area contributed by atoms with Crippen molar-refractivity contribution in [3.8, 4) is 0 Å². The van der Waals surface area contributed by atoms with Crippen LogP contribution in [0, 0.1) is 0 Å². The van der Waals surface area contributed by atoms with Gasteiger partial charge in [-0.2, -0.15) is 0 Å². The molecule has 0 aliphatic carbocycles. The van der Waals surface area contributed by atoms with Gasteiger partial charge in [-0.25, -0.2) is 0 Å². The molecule has 1 aliphatic heterocycles. The minimum atomic E-state index is -0.173. The van der Waals surface area contributed by atoms with Gasteiger partial charge in [-0.3, -0.25) is 4.79 Å². The molecule has 6 nitrogen and oxygen atoms in total. The number of amides is 1. The van der Waals surface area contributed by atoms with Gasteiger partial charge in [-0.15, -0.1) is 10.2 Å². The van der Waals surface area contributed by atoms with Gasteiger partial charge in [0.05, 0.1) is 6.54 Å². The average Bonchev–Trinajstić information content (AvgIpc) is 2.49. The molecule has 6 heteroatoms. The van der Waals surface area contributed by atoms with E-state index in [9.17, 15) is 4.79 Å². The lowest BCUT2D eigenvalue weighted by molar-refractivity contribution is 0.0921. The summed E-state index contributed by atoms with van der Waals surface area (Å²) in [6.45, 7) is 1.65. The van der Waals surface area contributed by atoms with E-state index in [2.05, 4.69) is 15.5 Å². The Morgan fingerprint density at radius 2 is 2.42 bits per heavy atom. The molecule has 0 atom stereocenters. The fourth-order valence-corrected chi connectivity index (χ4v) is 1.25. The lowest BCUT2D eigenvalue weighted by atomic mass is 10.4. The van der Waals surface area contributed by atoms with Crippen LogP contribution in [-0.4, -0.2) is 27.2 Å². The van der Waals surface area contributed by atoms with Crippen molar-refractivity contribution in [3.63, 3.8) is 0 Å². The van der Waals surface area contributed by atoms with Gasteiger partial charge in [0.1, 0.15) is 5.82 Å². The molecule has 2 rings (SSSR count). The number of rotatable bonds is 1. The highest BCUT2D eigenvalue weighted by Crippen LogP contribution is 2.04. The van der Waals surface area contributed by atoms with Gasteiger partial charge >= 0.3 is 0 Å². The van der Waals surface area contributed by atoms with Crippen LogP contribution in [0.2, 0.25) is 0 Å². The van der Waals surface area contributed by atoms with Gasteiger partial charge in [0.15, 0.2) is 0 Å². The first-order chi connectivity index (χ1) is 5.83. The van der Waals surface area contributed by atoms with Crippen LogP contribution in [0.25, 0.3) is 0 Å². The largest absolute Gasteiger partial charge is 0.348 e. The number of hydrogen-bond donors (Lipinski definition) is 2. The lowest BCUT2D eigenvalue weighted by Crippen LogP contribution is -2.36. The highest BCUT2D eigenvalue weighted by molar-refractivity contribution is 5.91. The summed E-state index contributed by atoms with van der Waals surface area (Å²) >= 11 is 0. The van der Waals surface area contributed by atoms with E-state index in [1.165, 1.54) is 0 Å². The molecule has 64 valence electrons. The Hall–Kier alpha value is -1.43. The standard InChI is InChI=1S/C6H9N5O/c7-3-4-9-10-5-6(12)8-1-2-11(4)5/h1-3,7H2,(H,8,12). The molecule has 2 heterocycles. The quantitative estimate of drug-likeness (QED) is 0.532. The van der Waals surface area contributed by atoms with Crippen molar-refractivity contribution in [1.29, 1.82) is 0 Å². The van der Waals surface area contributed by atoms with Crippen LogP contribution in [0.4, 0.5) is 0 Å². The molecule has 0 spiro atoms. The van der Waals surface area contributed by atoms with Crippen LogP contribution in [0.1, 0.15) is 16.4 Å². The molecule has 0 saturated carbocycles. The average molecular weight is 167 g/mol. The summed E-state index contributed by atoms with van der Waals surface area (Å²) in [4.78, 5) is 11.1. The molecule has 0 fully saturated rings. The number of nitrogens with one attached hydrogen (secondary N) is 1. The number of nitrogens with zero attached hydrogens (tertiary/aromatic N) is 3. The minimum absolute atomic E-state index is 0.173. The summed E-state index contributed by atoms with van der Waals surface area (Å²) < 4.78 is 1.75. The summed E-state index contributed by atoms with van der Waals surface area (Å²) in [5.41, 5.74) is 5.41. The molecule has 0 radical (unpaired) electrons. The van der Waals surface area contributed by atoms with E-state index >= 15 is 0 Å². The maximum absolute atomic E-state index is 11.1. The Bertz CT molecular complexity index is 318. The van der Waals surface area contributed by atoms with Crippen molar-refractivity contribution in [3.05, 3.63) is 11.6 Å². The van der Waals surface area contributed by atoms with E-state index < -0.39 is 0 Å². The summed E-state index contributed by atoms with van der Waals surface area (Å²) in [5.74, 6) is 0.856. The van der Waals surface area contributed by atoms with Crippen molar-refractivity contribution in [1.82, 2.24) is 20.1 Å². The van der Waals surface area contributed by atoms with Crippen LogP contribution in [-0.2, 0) is 13.1 Å². The van der Waals surface area contributed by atoms with E-state index in [4.69, 9.17) is 5.73 Å². The van der Waals surface area contributed by atoms with Gasteiger partial charge in [-0.1, -0.05) is 0 Å². The fourth-order valence-electron chi connectivity index (χ4n) is 1.25. The first kappa shape index (κ1) is 7.23. The Labute approximate surface area is 68.8 Å². The van der Waals surface area contributed by atoms with Crippen LogP contribution >= 0.6 is 0 Å². The summed E-state index contributed by atoms with van der Waals surface area (Å²) in [5, 5.41) is 10.2. The predicted octanol–water partition coefficient (Wildman–Crippen LogP) is -1.52. The van der Waals surface area contributed by atoms with E-state index in [0.717, 1.165) is 0 Å². The van der Waals surface area contributed by atoms with Gasteiger partial charge in [0.25, 0.3) is 5.91 Å².